The summed E-state index contributed by atoms with van der Waals surface area (Å²) in [6.07, 6.45) is 2.24. The molecule has 1 aromatic carbocycles. The summed E-state index contributed by atoms with van der Waals surface area (Å²) >= 11 is 5.96. The second-order valence-electron chi connectivity index (χ2n) is 5.04. The zero-order chi connectivity index (χ0) is 15.5. The minimum Gasteiger partial charge on any atom is -0.477 e. The predicted molar refractivity (Wildman–Crippen MR) is 80.3 cm³/mol. The lowest BCUT2D eigenvalue weighted by Gasteiger charge is -2.24. The molecule has 0 spiro atoms. The molecule has 0 saturated carbocycles. The van der Waals surface area contributed by atoms with Crippen molar-refractivity contribution in [1.82, 2.24) is 10.3 Å². The van der Waals surface area contributed by atoms with Gasteiger partial charge in [-0.05, 0) is 30.2 Å². The van der Waals surface area contributed by atoms with Crippen LogP contribution in [0.4, 0.5) is 4.39 Å². The highest BCUT2D eigenvalue weighted by Crippen LogP contribution is 2.31. The number of amides is 1. The van der Waals surface area contributed by atoms with Gasteiger partial charge in [0.2, 0.25) is 11.8 Å². The van der Waals surface area contributed by atoms with E-state index in [1.165, 1.54) is 12.1 Å². The third-order valence-corrected chi connectivity index (χ3v) is 3.96. The number of hydrogen-bond acceptors (Lipinski definition) is 3. The van der Waals surface area contributed by atoms with Gasteiger partial charge in [-0.1, -0.05) is 23.7 Å². The second kappa shape index (κ2) is 6.32. The largest absolute Gasteiger partial charge is 0.477 e. The number of benzene rings is 1. The molecule has 3 rings (SSSR count). The molecule has 1 unspecified atom stereocenters. The summed E-state index contributed by atoms with van der Waals surface area (Å²) in [5.41, 5.74) is 1.46. The molecule has 1 aliphatic rings. The molecule has 1 N–H and O–H groups in total. The first-order valence-corrected chi connectivity index (χ1v) is 7.32. The van der Waals surface area contributed by atoms with E-state index in [9.17, 15) is 9.18 Å². The van der Waals surface area contributed by atoms with Crippen LogP contribution in [0.2, 0.25) is 5.02 Å². The first-order valence-electron chi connectivity index (χ1n) is 6.94. The van der Waals surface area contributed by atoms with E-state index in [0.717, 1.165) is 5.56 Å². The Balaban J connectivity index is 1.70. The maximum absolute atomic E-state index is 13.0. The van der Waals surface area contributed by atoms with Crippen LogP contribution < -0.4 is 10.1 Å². The third kappa shape index (κ3) is 3.04. The molecule has 1 aromatic heterocycles. The lowest BCUT2D eigenvalue weighted by Crippen LogP contribution is -2.32. The van der Waals surface area contributed by atoms with Gasteiger partial charge in [0.25, 0.3) is 0 Å². The van der Waals surface area contributed by atoms with Crippen molar-refractivity contribution >= 4 is 17.5 Å². The highest BCUT2D eigenvalue weighted by molar-refractivity contribution is 6.31. The van der Waals surface area contributed by atoms with E-state index in [1.807, 2.05) is 6.07 Å². The van der Waals surface area contributed by atoms with E-state index >= 15 is 0 Å². The zero-order valence-electron chi connectivity index (χ0n) is 11.7. The van der Waals surface area contributed by atoms with Gasteiger partial charge in [-0.3, -0.25) is 4.79 Å². The van der Waals surface area contributed by atoms with Crippen molar-refractivity contribution in [2.45, 2.75) is 18.9 Å². The maximum Gasteiger partial charge on any atom is 0.228 e. The molecule has 4 nitrogen and oxygen atoms in total. The predicted octanol–water partition coefficient (Wildman–Crippen LogP) is 3.06. The van der Waals surface area contributed by atoms with Crippen LogP contribution in [0, 0.1) is 5.82 Å². The molecule has 2 heterocycles. The number of nitrogens with zero attached hydrogens (tertiary/aromatic N) is 1. The van der Waals surface area contributed by atoms with E-state index in [2.05, 4.69) is 10.3 Å². The fourth-order valence-electron chi connectivity index (χ4n) is 2.46. The number of halogens is 2. The van der Waals surface area contributed by atoms with E-state index in [4.69, 9.17) is 16.3 Å². The lowest BCUT2D eigenvalue weighted by atomic mass is 9.94. The number of fused-ring (bicyclic) bond motifs is 1. The number of rotatable bonds is 3. The monoisotopic (exact) mass is 320 g/mol. The van der Waals surface area contributed by atoms with E-state index in [-0.39, 0.29) is 18.4 Å². The van der Waals surface area contributed by atoms with Gasteiger partial charge in [0.15, 0.2) is 0 Å². The second-order valence-corrected chi connectivity index (χ2v) is 5.45. The number of hydrogen-bond donors (Lipinski definition) is 1. The highest BCUT2D eigenvalue weighted by Gasteiger charge is 2.28. The first-order chi connectivity index (χ1) is 10.6. The van der Waals surface area contributed by atoms with Crippen LogP contribution in [0.15, 0.2) is 36.5 Å². The Labute approximate surface area is 132 Å². The summed E-state index contributed by atoms with van der Waals surface area (Å²) in [6.45, 7) is 0.713. The Morgan fingerprint density at radius 2 is 2.32 bits per heavy atom. The van der Waals surface area contributed by atoms with Crippen LogP contribution in [0.5, 0.6) is 5.88 Å². The molecule has 0 bridgehead atoms. The van der Waals surface area contributed by atoms with Gasteiger partial charge in [-0.15, -0.1) is 0 Å². The van der Waals surface area contributed by atoms with E-state index in [1.54, 1.807) is 18.3 Å². The van der Waals surface area contributed by atoms with Crippen molar-refractivity contribution in [2.24, 2.45) is 0 Å². The van der Waals surface area contributed by atoms with Crippen molar-refractivity contribution < 1.29 is 13.9 Å². The van der Waals surface area contributed by atoms with Crippen molar-refractivity contribution in [2.75, 3.05) is 6.61 Å². The van der Waals surface area contributed by atoms with Crippen LogP contribution in [0.1, 0.15) is 23.5 Å². The molecular formula is C16H14ClFN2O2. The van der Waals surface area contributed by atoms with Gasteiger partial charge >= 0.3 is 0 Å². The SMILES string of the molecule is O=C(NCc1ccc(F)cc1Cl)C1CCOc2ncccc21. The van der Waals surface area contributed by atoms with Gasteiger partial charge in [-0.2, -0.15) is 0 Å². The minimum absolute atomic E-state index is 0.113. The molecule has 1 amide bonds. The maximum atomic E-state index is 13.0. The standard InChI is InChI=1S/C16H14ClFN2O2/c17-14-8-11(18)4-3-10(14)9-20-15(21)12-5-7-22-16-13(12)2-1-6-19-16/h1-4,6,8,12H,5,7,9H2,(H,20,21). The summed E-state index contributed by atoms with van der Waals surface area (Å²) in [5, 5.41) is 3.14. The number of ether oxygens (including phenoxy) is 1. The van der Waals surface area contributed by atoms with Crippen LogP contribution in [0.25, 0.3) is 0 Å². The van der Waals surface area contributed by atoms with Crippen molar-refractivity contribution in [3.8, 4) is 5.88 Å². The molecule has 6 heteroatoms. The molecule has 0 radical (unpaired) electrons. The Morgan fingerprint density at radius 3 is 3.14 bits per heavy atom. The Morgan fingerprint density at radius 1 is 1.45 bits per heavy atom. The normalized spacial score (nSPS) is 16.5. The molecule has 1 aliphatic heterocycles. The van der Waals surface area contributed by atoms with Gasteiger partial charge in [0.05, 0.1) is 12.5 Å². The van der Waals surface area contributed by atoms with Crippen LogP contribution in [0.3, 0.4) is 0 Å². The number of carbonyl (C=O) groups excluding carboxylic acids is 1. The average Bonchev–Trinajstić information content (AvgIpc) is 2.53. The quantitative estimate of drug-likeness (QED) is 0.945. The van der Waals surface area contributed by atoms with Gasteiger partial charge < -0.3 is 10.1 Å². The number of nitrogens with one attached hydrogen (secondary N) is 1. The Kier molecular flexibility index (Phi) is 4.24. The summed E-state index contributed by atoms with van der Waals surface area (Å²) in [6, 6.07) is 7.75. The topological polar surface area (TPSA) is 51.2 Å². The van der Waals surface area contributed by atoms with Crippen LogP contribution in [-0.2, 0) is 11.3 Å². The molecule has 114 valence electrons. The fourth-order valence-corrected chi connectivity index (χ4v) is 2.69. The van der Waals surface area contributed by atoms with Crippen LogP contribution >= 0.6 is 11.6 Å². The summed E-state index contributed by atoms with van der Waals surface area (Å²) in [7, 11) is 0. The molecule has 2 aromatic rings. The molecular weight excluding hydrogens is 307 g/mol. The minimum atomic E-state index is -0.399. The lowest BCUT2D eigenvalue weighted by molar-refractivity contribution is -0.123. The van der Waals surface area contributed by atoms with Crippen LogP contribution in [-0.4, -0.2) is 17.5 Å². The molecule has 0 aliphatic carbocycles. The Hall–Kier alpha value is -2.14. The molecule has 22 heavy (non-hydrogen) atoms. The zero-order valence-corrected chi connectivity index (χ0v) is 12.4. The van der Waals surface area contributed by atoms with E-state index in [0.29, 0.717) is 29.5 Å². The van der Waals surface area contributed by atoms with Crippen molar-refractivity contribution in [1.29, 1.82) is 0 Å². The molecule has 0 fully saturated rings. The summed E-state index contributed by atoms with van der Waals surface area (Å²) < 4.78 is 18.5. The number of pyridine rings is 1. The van der Waals surface area contributed by atoms with Crippen molar-refractivity contribution in [3.63, 3.8) is 0 Å². The fraction of sp³-hybridized carbons (Fsp3) is 0.250. The molecule has 1 atom stereocenters. The van der Waals surface area contributed by atoms with Gasteiger partial charge in [0, 0.05) is 23.3 Å². The Bertz CT molecular complexity index is 708. The summed E-state index contributed by atoms with van der Waals surface area (Å²) in [4.78, 5) is 16.5. The highest BCUT2D eigenvalue weighted by atomic mass is 35.5. The smallest absolute Gasteiger partial charge is 0.228 e. The first kappa shape index (κ1) is 14.8. The van der Waals surface area contributed by atoms with Crippen molar-refractivity contribution in [3.05, 3.63) is 58.5 Å². The summed E-state index contributed by atoms with van der Waals surface area (Å²) in [5.74, 6) is -0.298. The third-order valence-electron chi connectivity index (χ3n) is 3.61. The van der Waals surface area contributed by atoms with Gasteiger partial charge in [-0.25, -0.2) is 9.37 Å². The number of carbonyl (C=O) groups is 1. The average molecular weight is 321 g/mol. The van der Waals surface area contributed by atoms with Gasteiger partial charge in [0.1, 0.15) is 5.82 Å². The number of aromatic nitrogens is 1. The molecule has 0 saturated heterocycles. The van der Waals surface area contributed by atoms with E-state index < -0.39 is 5.82 Å².